The largest absolute Gasteiger partial charge is 0.356 e. The van der Waals surface area contributed by atoms with Gasteiger partial charge in [-0.25, -0.2) is 0 Å². The predicted molar refractivity (Wildman–Crippen MR) is 70.9 cm³/mol. The van der Waals surface area contributed by atoms with Crippen LogP contribution in [0.1, 0.15) is 65.2 Å². The van der Waals surface area contributed by atoms with Crippen molar-refractivity contribution in [2.24, 2.45) is 0 Å². The third-order valence-corrected chi connectivity index (χ3v) is 3.26. The second-order valence-corrected chi connectivity index (χ2v) is 4.93. The summed E-state index contributed by atoms with van der Waals surface area (Å²) < 4.78 is 0. The molecule has 1 unspecified atom stereocenters. The molecule has 0 aliphatic heterocycles. The number of amides is 1. The molecule has 16 heavy (non-hydrogen) atoms. The van der Waals surface area contributed by atoms with E-state index < -0.39 is 0 Å². The Kier molecular flexibility index (Phi) is 11.1. The summed E-state index contributed by atoms with van der Waals surface area (Å²) in [4.78, 5) is 11.4. The van der Waals surface area contributed by atoms with Gasteiger partial charge in [-0.15, -0.1) is 11.6 Å². The lowest BCUT2D eigenvalue weighted by atomic mass is 10.1. The van der Waals surface area contributed by atoms with Crippen LogP contribution in [0.25, 0.3) is 0 Å². The smallest absolute Gasteiger partial charge is 0.219 e. The number of alkyl halides is 1. The summed E-state index contributed by atoms with van der Waals surface area (Å²) >= 11 is 5.96. The highest BCUT2D eigenvalue weighted by Gasteiger charge is 2.03. The zero-order chi connectivity index (χ0) is 12.2. The Morgan fingerprint density at radius 2 is 1.88 bits per heavy atom. The average molecular weight is 248 g/mol. The van der Waals surface area contributed by atoms with Crippen molar-refractivity contribution in [2.75, 3.05) is 6.54 Å². The van der Waals surface area contributed by atoms with E-state index in [9.17, 15) is 4.79 Å². The maximum Gasteiger partial charge on any atom is 0.219 e. The average Bonchev–Trinajstić information content (AvgIpc) is 2.28. The van der Waals surface area contributed by atoms with E-state index in [0.717, 1.165) is 25.8 Å². The van der Waals surface area contributed by atoms with Gasteiger partial charge in [0.1, 0.15) is 0 Å². The first-order valence-corrected chi connectivity index (χ1v) is 7.05. The van der Waals surface area contributed by atoms with Gasteiger partial charge in [0.15, 0.2) is 0 Å². The summed E-state index contributed by atoms with van der Waals surface area (Å²) in [5.41, 5.74) is 0. The van der Waals surface area contributed by atoms with Gasteiger partial charge in [-0.2, -0.15) is 0 Å². The van der Waals surface area contributed by atoms with E-state index in [1.807, 2.05) is 0 Å². The number of carbonyl (C=O) groups excluding carboxylic acids is 1. The molecule has 0 aromatic heterocycles. The molecule has 0 saturated heterocycles. The zero-order valence-electron chi connectivity index (χ0n) is 10.7. The van der Waals surface area contributed by atoms with Crippen LogP contribution in [0, 0.1) is 0 Å². The van der Waals surface area contributed by atoms with Crippen LogP contribution in [-0.4, -0.2) is 17.8 Å². The molecule has 0 saturated carbocycles. The van der Waals surface area contributed by atoms with Gasteiger partial charge in [0, 0.05) is 18.3 Å². The van der Waals surface area contributed by atoms with Crippen molar-refractivity contribution < 1.29 is 4.79 Å². The van der Waals surface area contributed by atoms with Crippen molar-refractivity contribution in [1.82, 2.24) is 5.32 Å². The van der Waals surface area contributed by atoms with Crippen LogP contribution < -0.4 is 5.32 Å². The van der Waals surface area contributed by atoms with Crippen LogP contribution in [0.4, 0.5) is 0 Å². The summed E-state index contributed by atoms with van der Waals surface area (Å²) in [6.45, 7) is 4.98. The van der Waals surface area contributed by atoms with Crippen molar-refractivity contribution in [2.45, 2.75) is 70.6 Å². The molecule has 0 rings (SSSR count). The Bertz CT molecular complexity index is 173. The second-order valence-electron chi connectivity index (χ2n) is 4.31. The van der Waals surface area contributed by atoms with Crippen LogP contribution in [0.2, 0.25) is 0 Å². The van der Waals surface area contributed by atoms with Gasteiger partial charge < -0.3 is 5.32 Å². The fraction of sp³-hybridized carbons (Fsp3) is 0.923. The molecule has 0 aliphatic carbocycles. The Morgan fingerprint density at radius 1 is 1.19 bits per heavy atom. The lowest BCUT2D eigenvalue weighted by Gasteiger charge is -2.07. The summed E-state index contributed by atoms with van der Waals surface area (Å²) in [6, 6.07) is 0. The zero-order valence-corrected chi connectivity index (χ0v) is 11.5. The quantitative estimate of drug-likeness (QED) is 0.461. The summed E-state index contributed by atoms with van der Waals surface area (Å²) in [7, 11) is 0. The molecule has 0 spiro atoms. The third-order valence-electron chi connectivity index (χ3n) is 2.73. The minimum absolute atomic E-state index is 0.177. The molecule has 1 amide bonds. The maximum absolute atomic E-state index is 11.4. The fourth-order valence-electron chi connectivity index (χ4n) is 1.55. The Hall–Kier alpha value is -0.240. The molecule has 0 radical (unpaired) electrons. The molecular weight excluding hydrogens is 222 g/mol. The first kappa shape index (κ1) is 15.8. The Morgan fingerprint density at radius 3 is 2.50 bits per heavy atom. The normalized spacial score (nSPS) is 12.4. The summed E-state index contributed by atoms with van der Waals surface area (Å²) in [5, 5.41) is 3.11. The number of nitrogens with one attached hydrogen (secondary N) is 1. The van der Waals surface area contributed by atoms with Gasteiger partial charge in [0.05, 0.1) is 0 Å². The predicted octanol–water partition coefficient (Wildman–Crippen LogP) is 3.87. The topological polar surface area (TPSA) is 29.1 Å². The minimum Gasteiger partial charge on any atom is -0.356 e. The van der Waals surface area contributed by atoms with E-state index in [1.165, 1.54) is 25.7 Å². The van der Waals surface area contributed by atoms with Gasteiger partial charge in [-0.05, 0) is 19.3 Å². The van der Waals surface area contributed by atoms with Crippen molar-refractivity contribution in [3.8, 4) is 0 Å². The minimum atomic E-state index is 0.177. The van der Waals surface area contributed by atoms with Crippen LogP contribution in [-0.2, 0) is 4.79 Å². The monoisotopic (exact) mass is 247 g/mol. The van der Waals surface area contributed by atoms with E-state index in [1.54, 1.807) is 0 Å². The number of hydrogen-bond acceptors (Lipinski definition) is 1. The van der Waals surface area contributed by atoms with Crippen molar-refractivity contribution >= 4 is 17.5 Å². The molecule has 0 aromatic rings. The Labute approximate surface area is 105 Å². The molecule has 0 aliphatic rings. The molecule has 96 valence electrons. The van der Waals surface area contributed by atoms with Crippen LogP contribution in [0.15, 0.2) is 0 Å². The van der Waals surface area contributed by atoms with Crippen molar-refractivity contribution in [1.29, 1.82) is 0 Å². The standard InChI is InChI=1S/C13H26ClNO/c1-3-5-6-7-8-9-13(16)15-11-10-12(14)4-2/h12H,3-11H2,1-2H3,(H,15,16). The van der Waals surface area contributed by atoms with Crippen molar-refractivity contribution in [3.63, 3.8) is 0 Å². The van der Waals surface area contributed by atoms with E-state index >= 15 is 0 Å². The molecule has 2 nitrogen and oxygen atoms in total. The lowest BCUT2D eigenvalue weighted by Crippen LogP contribution is -2.25. The van der Waals surface area contributed by atoms with Crippen LogP contribution >= 0.6 is 11.6 Å². The number of carbonyl (C=O) groups is 1. The first-order valence-electron chi connectivity index (χ1n) is 6.61. The number of hydrogen-bond donors (Lipinski definition) is 1. The number of unbranched alkanes of at least 4 members (excludes halogenated alkanes) is 4. The fourth-order valence-corrected chi connectivity index (χ4v) is 1.66. The van der Waals surface area contributed by atoms with E-state index in [2.05, 4.69) is 19.2 Å². The highest BCUT2D eigenvalue weighted by Crippen LogP contribution is 2.06. The van der Waals surface area contributed by atoms with E-state index in [0.29, 0.717) is 6.42 Å². The number of rotatable bonds is 10. The van der Waals surface area contributed by atoms with Gasteiger partial charge >= 0.3 is 0 Å². The second kappa shape index (κ2) is 11.3. The SMILES string of the molecule is CCCCCCCC(=O)NCCC(Cl)CC. The first-order chi connectivity index (χ1) is 7.70. The van der Waals surface area contributed by atoms with Gasteiger partial charge in [-0.3, -0.25) is 4.79 Å². The van der Waals surface area contributed by atoms with Crippen LogP contribution in [0.3, 0.4) is 0 Å². The molecule has 3 heteroatoms. The van der Waals surface area contributed by atoms with Gasteiger partial charge in [0.2, 0.25) is 5.91 Å². The molecule has 0 heterocycles. The lowest BCUT2D eigenvalue weighted by molar-refractivity contribution is -0.121. The molecule has 0 bridgehead atoms. The summed E-state index contributed by atoms with van der Waals surface area (Å²) in [5.74, 6) is 0.177. The summed E-state index contributed by atoms with van der Waals surface area (Å²) in [6.07, 6.45) is 8.49. The highest BCUT2D eigenvalue weighted by molar-refractivity contribution is 6.20. The van der Waals surface area contributed by atoms with E-state index in [4.69, 9.17) is 11.6 Å². The maximum atomic E-state index is 11.4. The highest BCUT2D eigenvalue weighted by atomic mass is 35.5. The molecule has 0 aromatic carbocycles. The van der Waals surface area contributed by atoms with Gasteiger partial charge in [0.25, 0.3) is 0 Å². The molecule has 1 atom stereocenters. The van der Waals surface area contributed by atoms with Crippen molar-refractivity contribution in [3.05, 3.63) is 0 Å². The molecule has 0 fully saturated rings. The third kappa shape index (κ3) is 10.3. The molecule has 1 N–H and O–H groups in total. The Balaban J connectivity index is 3.24. The van der Waals surface area contributed by atoms with Gasteiger partial charge in [-0.1, -0.05) is 39.5 Å². The number of halogens is 1. The van der Waals surface area contributed by atoms with Crippen LogP contribution in [0.5, 0.6) is 0 Å². The molecular formula is C13H26ClNO. The van der Waals surface area contributed by atoms with E-state index in [-0.39, 0.29) is 11.3 Å².